The van der Waals surface area contributed by atoms with Crippen molar-refractivity contribution in [3.63, 3.8) is 0 Å². The number of aromatic amines is 1. The summed E-state index contributed by atoms with van der Waals surface area (Å²) >= 11 is 0. The zero-order valence-corrected chi connectivity index (χ0v) is 17.6. The third kappa shape index (κ3) is 3.89. The van der Waals surface area contributed by atoms with Crippen molar-refractivity contribution in [2.24, 2.45) is 0 Å². The van der Waals surface area contributed by atoms with Crippen molar-refractivity contribution in [3.8, 4) is 28.4 Å². The van der Waals surface area contributed by atoms with Gasteiger partial charge in [0.2, 0.25) is 5.88 Å². The van der Waals surface area contributed by atoms with E-state index in [-0.39, 0.29) is 11.6 Å². The molecule has 1 saturated heterocycles. The van der Waals surface area contributed by atoms with Crippen LogP contribution in [0.1, 0.15) is 12.8 Å². The number of fused-ring (bicyclic) bond motifs is 1. The molecule has 2 aromatic heterocycles. The van der Waals surface area contributed by atoms with Crippen LogP contribution in [-0.2, 0) is 0 Å². The Bertz CT molecular complexity index is 1250. The molecule has 1 aliphatic rings. The molecule has 32 heavy (non-hydrogen) atoms. The fourth-order valence-electron chi connectivity index (χ4n) is 4.14. The van der Waals surface area contributed by atoms with E-state index in [2.05, 4.69) is 20.6 Å². The molecule has 0 unspecified atom stereocenters. The summed E-state index contributed by atoms with van der Waals surface area (Å²) in [4.78, 5) is 12.4. The van der Waals surface area contributed by atoms with Gasteiger partial charge < -0.3 is 20.4 Å². The molecule has 5 rings (SSSR count). The first-order valence-corrected chi connectivity index (χ1v) is 10.6. The zero-order chi connectivity index (χ0) is 22.1. The highest BCUT2D eigenvalue weighted by Gasteiger charge is 2.18. The molecule has 3 heterocycles. The fraction of sp³-hybridized carbons (Fsp3) is 0.250. The van der Waals surface area contributed by atoms with Crippen LogP contribution in [0.4, 0.5) is 14.6 Å². The first-order chi connectivity index (χ1) is 15.6. The molecule has 8 heteroatoms. The maximum absolute atomic E-state index is 14.4. The number of benzene rings is 2. The summed E-state index contributed by atoms with van der Waals surface area (Å²) in [6, 6.07) is 11.2. The van der Waals surface area contributed by atoms with Crippen molar-refractivity contribution < 1.29 is 13.5 Å². The summed E-state index contributed by atoms with van der Waals surface area (Å²) in [5.41, 5.74) is 1.93. The molecule has 1 atom stereocenters. The lowest BCUT2D eigenvalue weighted by molar-refractivity contribution is 0.397. The van der Waals surface area contributed by atoms with Crippen LogP contribution in [0.25, 0.3) is 33.4 Å². The molecule has 0 aliphatic carbocycles. The number of hydrogen-bond donors (Lipinski definition) is 3. The number of rotatable bonds is 5. The van der Waals surface area contributed by atoms with E-state index in [4.69, 9.17) is 9.72 Å². The fourth-order valence-corrected chi connectivity index (χ4v) is 4.14. The number of piperidine rings is 1. The molecule has 164 valence electrons. The second-order valence-corrected chi connectivity index (χ2v) is 7.87. The lowest BCUT2D eigenvalue weighted by Gasteiger charge is -2.24. The van der Waals surface area contributed by atoms with E-state index in [0.717, 1.165) is 42.4 Å². The Kier molecular flexibility index (Phi) is 5.45. The van der Waals surface area contributed by atoms with Crippen molar-refractivity contribution in [1.82, 2.24) is 20.3 Å². The molecule has 1 fully saturated rings. The van der Waals surface area contributed by atoms with Crippen LogP contribution in [0.3, 0.4) is 0 Å². The first-order valence-electron chi connectivity index (χ1n) is 10.6. The van der Waals surface area contributed by atoms with E-state index in [1.807, 2.05) is 0 Å². The van der Waals surface area contributed by atoms with Crippen molar-refractivity contribution in [3.05, 3.63) is 60.3 Å². The molecule has 3 N–H and O–H groups in total. The number of methoxy groups -OCH3 is 1. The van der Waals surface area contributed by atoms with Crippen molar-refractivity contribution >= 4 is 16.7 Å². The molecule has 6 nitrogen and oxygen atoms in total. The predicted molar refractivity (Wildman–Crippen MR) is 121 cm³/mol. The third-order valence-corrected chi connectivity index (χ3v) is 5.73. The number of anilines is 1. The van der Waals surface area contributed by atoms with Gasteiger partial charge in [0, 0.05) is 41.3 Å². The van der Waals surface area contributed by atoms with Gasteiger partial charge in [0.1, 0.15) is 17.5 Å². The zero-order valence-electron chi connectivity index (χ0n) is 17.6. The molecular formula is C24H23F2N5O. The van der Waals surface area contributed by atoms with Gasteiger partial charge in [-0.05, 0) is 49.2 Å². The Morgan fingerprint density at radius 2 is 1.94 bits per heavy atom. The summed E-state index contributed by atoms with van der Waals surface area (Å²) in [6.45, 7) is 1.89. The van der Waals surface area contributed by atoms with Crippen molar-refractivity contribution in [2.45, 2.75) is 18.9 Å². The molecule has 2 aromatic carbocycles. The van der Waals surface area contributed by atoms with Crippen LogP contribution >= 0.6 is 0 Å². The van der Waals surface area contributed by atoms with E-state index >= 15 is 0 Å². The van der Waals surface area contributed by atoms with E-state index in [1.54, 1.807) is 37.6 Å². The number of aromatic nitrogens is 3. The molecule has 0 amide bonds. The number of nitrogens with one attached hydrogen (secondary N) is 3. The molecule has 1 aliphatic heterocycles. The first kappa shape index (κ1) is 20.4. The minimum absolute atomic E-state index is 0.0553. The number of ether oxygens (including phenoxy) is 1. The molecule has 0 radical (unpaired) electrons. The average Bonchev–Trinajstić information content (AvgIpc) is 3.23. The van der Waals surface area contributed by atoms with Crippen molar-refractivity contribution in [1.29, 1.82) is 0 Å². The van der Waals surface area contributed by atoms with Gasteiger partial charge in [0.15, 0.2) is 5.82 Å². The highest BCUT2D eigenvalue weighted by atomic mass is 19.1. The Balaban J connectivity index is 1.57. The topological polar surface area (TPSA) is 74.9 Å². The SMILES string of the molecule is COc1cc(N[C@@H]2CCCNC2)nc(-c2c[nH]c3ccc(-c4c(F)cccc4F)cc23)n1. The number of H-pyrrole nitrogens is 1. The van der Waals surface area contributed by atoms with Crippen LogP contribution < -0.4 is 15.4 Å². The van der Waals surface area contributed by atoms with E-state index in [0.29, 0.717) is 23.1 Å². The van der Waals surface area contributed by atoms with Crippen LogP contribution in [0, 0.1) is 11.6 Å². The quantitative estimate of drug-likeness (QED) is 0.422. The second-order valence-electron chi connectivity index (χ2n) is 7.87. The molecular weight excluding hydrogens is 412 g/mol. The summed E-state index contributed by atoms with van der Waals surface area (Å²) in [5, 5.41) is 7.60. The highest BCUT2D eigenvalue weighted by Crippen LogP contribution is 2.34. The van der Waals surface area contributed by atoms with Crippen LogP contribution in [0.2, 0.25) is 0 Å². The van der Waals surface area contributed by atoms with Gasteiger partial charge in [-0.15, -0.1) is 0 Å². The summed E-state index contributed by atoms with van der Waals surface area (Å²) < 4.78 is 34.1. The standard InChI is InChI=1S/C24H23F2N5O/c1-32-22-11-21(29-15-4-3-9-27-12-15)30-24(31-22)17-13-28-20-8-7-14(10-16(17)20)23-18(25)5-2-6-19(23)26/h2,5-8,10-11,13,15,27-28H,3-4,9,12H2,1H3,(H,29,30,31)/t15-/m1/s1. The Morgan fingerprint density at radius 3 is 2.69 bits per heavy atom. The van der Waals surface area contributed by atoms with Crippen LogP contribution in [0.15, 0.2) is 48.7 Å². The second kappa shape index (κ2) is 8.55. The van der Waals surface area contributed by atoms with Gasteiger partial charge in [-0.2, -0.15) is 4.98 Å². The Hall–Kier alpha value is -3.52. The smallest absolute Gasteiger partial charge is 0.218 e. The van der Waals surface area contributed by atoms with Gasteiger partial charge in [-0.3, -0.25) is 0 Å². The number of nitrogens with zero attached hydrogens (tertiary/aromatic N) is 2. The van der Waals surface area contributed by atoms with Crippen LogP contribution in [-0.4, -0.2) is 41.2 Å². The Morgan fingerprint density at radius 1 is 1.09 bits per heavy atom. The lowest BCUT2D eigenvalue weighted by atomic mass is 10.0. The molecule has 0 spiro atoms. The minimum Gasteiger partial charge on any atom is -0.481 e. The lowest BCUT2D eigenvalue weighted by Crippen LogP contribution is -2.38. The summed E-state index contributed by atoms with van der Waals surface area (Å²) in [7, 11) is 1.56. The van der Waals surface area contributed by atoms with Gasteiger partial charge in [-0.1, -0.05) is 12.1 Å². The van der Waals surface area contributed by atoms with Gasteiger partial charge in [0.25, 0.3) is 0 Å². The van der Waals surface area contributed by atoms with Crippen molar-refractivity contribution in [2.75, 3.05) is 25.5 Å². The van der Waals surface area contributed by atoms with E-state index < -0.39 is 11.6 Å². The third-order valence-electron chi connectivity index (χ3n) is 5.73. The predicted octanol–water partition coefficient (Wildman–Crippen LogP) is 4.74. The average molecular weight is 435 g/mol. The maximum Gasteiger partial charge on any atom is 0.218 e. The normalized spacial score (nSPS) is 16.3. The maximum atomic E-state index is 14.4. The summed E-state index contributed by atoms with van der Waals surface area (Å²) in [6.07, 6.45) is 3.96. The van der Waals surface area contributed by atoms with Gasteiger partial charge in [-0.25, -0.2) is 13.8 Å². The van der Waals surface area contributed by atoms with Crippen LogP contribution in [0.5, 0.6) is 5.88 Å². The molecule has 0 saturated carbocycles. The molecule has 0 bridgehead atoms. The minimum atomic E-state index is -0.605. The van der Waals surface area contributed by atoms with Gasteiger partial charge >= 0.3 is 0 Å². The summed E-state index contributed by atoms with van der Waals surface area (Å²) in [5.74, 6) is 0.365. The largest absolute Gasteiger partial charge is 0.481 e. The van der Waals surface area contributed by atoms with E-state index in [9.17, 15) is 8.78 Å². The monoisotopic (exact) mass is 435 g/mol. The number of hydrogen-bond acceptors (Lipinski definition) is 5. The van der Waals surface area contributed by atoms with E-state index in [1.165, 1.54) is 18.2 Å². The molecule has 4 aromatic rings. The number of halogens is 2. The Labute approximate surface area is 184 Å². The van der Waals surface area contributed by atoms with Gasteiger partial charge in [0.05, 0.1) is 12.7 Å². The highest BCUT2D eigenvalue weighted by molar-refractivity contribution is 5.96.